The molecule has 356 valence electrons. The molecular weight excluding hydrogens is 1030 g/mol. The molecule has 9 aromatic rings. The van der Waals surface area contributed by atoms with Crippen molar-refractivity contribution in [1.29, 1.82) is 0 Å². The quantitative estimate of drug-likeness (QED) is 0.113. The first-order chi connectivity index (χ1) is 31.9. The molecular formula is C62H65N5OPt-2. The zero-order valence-electron chi connectivity index (χ0n) is 42.7. The standard InChI is InChI=1S/C62H65N5O.Pt/c1-58(2,3)44-31-41(32-45(33-44)59(4,5)6)57-64-66(49-35-46(60(7,8)9)34-47(36-49)61(10,11)12)40-65(57)48-23-20-24-50(38-48)68-51-27-28-53-52-25-18-19-26-54(52)67(55(53)39-51)56-37-43(29-30-63-56)62(13,14)42-21-16-15-17-22-42;/h15-37H,1-14H3;/q-2;. The summed E-state index contributed by atoms with van der Waals surface area (Å²) in [5, 5.41) is 7.61. The minimum Gasteiger partial charge on any atom is -0.510 e. The van der Waals surface area contributed by atoms with Gasteiger partial charge in [0.2, 0.25) is 0 Å². The normalized spacial score (nSPS) is 12.7. The second kappa shape index (κ2) is 18.0. The fourth-order valence-electron chi connectivity index (χ4n) is 8.86. The maximum atomic E-state index is 6.74. The molecule has 0 saturated carbocycles. The van der Waals surface area contributed by atoms with Gasteiger partial charge in [0.15, 0.2) is 5.82 Å². The van der Waals surface area contributed by atoms with Gasteiger partial charge in [-0.05, 0) is 78.6 Å². The molecule has 9 rings (SSSR count). The number of hydrogen-bond acceptors (Lipinski definition) is 3. The Bertz CT molecular complexity index is 3260. The Hall–Kier alpha value is -6.10. The summed E-state index contributed by atoms with van der Waals surface area (Å²) >= 11 is 0. The molecule has 0 aliphatic carbocycles. The van der Waals surface area contributed by atoms with Crippen molar-refractivity contribution in [2.24, 2.45) is 0 Å². The number of rotatable bonds is 8. The van der Waals surface area contributed by atoms with Crippen molar-refractivity contribution in [3.8, 4) is 40.1 Å². The van der Waals surface area contributed by atoms with Crippen molar-refractivity contribution in [2.45, 2.75) is 124 Å². The van der Waals surface area contributed by atoms with Crippen LogP contribution < -0.4 is 9.42 Å². The summed E-state index contributed by atoms with van der Waals surface area (Å²) in [7, 11) is 0. The van der Waals surface area contributed by atoms with E-state index in [-0.39, 0.29) is 48.1 Å². The van der Waals surface area contributed by atoms with E-state index in [1.165, 1.54) is 33.4 Å². The zero-order valence-corrected chi connectivity index (χ0v) is 45.0. The molecule has 0 aliphatic heterocycles. The van der Waals surface area contributed by atoms with Gasteiger partial charge < -0.3 is 13.9 Å². The Balaban J connectivity index is 0.00000642. The first kappa shape index (κ1) is 49.3. The third-order valence-electron chi connectivity index (χ3n) is 13.4. The second-order valence-electron chi connectivity index (χ2n) is 23.1. The van der Waals surface area contributed by atoms with Crippen LogP contribution in [0.5, 0.6) is 11.5 Å². The van der Waals surface area contributed by atoms with Gasteiger partial charge in [-0.15, -0.1) is 34.8 Å². The van der Waals surface area contributed by atoms with Gasteiger partial charge >= 0.3 is 0 Å². The molecule has 0 spiro atoms. The predicted octanol–water partition coefficient (Wildman–Crippen LogP) is 15.0. The van der Waals surface area contributed by atoms with Crippen molar-refractivity contribution in [1.82, 2.24) is 19.2 Å². The van der Waals surface area contributed by atoms with Gasteiger partial charge in [0.1, 0.15) is 5.82 Å². The van der Waals surface area contributed by atoms with Gasteiger partial charge in [-0.3, -0.25) is 0 Å². The van der Waals surface area contributed by atoms with Crippen molar-refractivity contribution in [3.63, 3.8) is 0 Å². The Labute approximate surface area is 424 Å². The van der Waals surface area contributed by atoms with Gasteiger partial charge in [-0.1, -0.05) is 193 Å². The molecule has 0 atom stereocenters. The van der Waals surface area contributed by atoms with E-state index in [9.17, 15) is 0 Å². The number of nitrogens with zero attached hydrogens (tertiary/aromatic N) is 5. The van der Waals surface area contributed by atoms with Crippen LogP contribution in [0, 0.1) is 18.5 Å². The van der Waals surface area contributed by atoms with Crippen LogP contribution in [0.3, 0.4) is 0 Å². The van der Waals surface area contributed by atoms with Gasteiger partial charge in [-0.25, -0.2) is 4.98 Å². The van der Waals surface area contributed by atoms with E-state index in [1.54, 1.807) is 0 Å². The molecule has 0 bridgehead atoms. The Kier molecular flexibility index (Phi) is 12.9. The summed E-state index contributed by atoms with van der Waals surface area (Å²) in [6, 6.07) is 54.6. The predicted molar refractivity (Wildman–Crippen MR) is 279 cm³/mol. The molecule has 69 heavy (non-hydrogen) atoms. The van der Waals surface area contributed by atoms with Crippen LogP contribution in [0.4, 0.5) is 0 Å². The summed E-state index contributed by atoms with van der Waals surface area (Å²) in [6.45, 7) is 31.7. The molecule has 6 aromatic carbocycles. The van der Waals surface area contributed by atoms with E-state index in [1.807, 2.05) is 39.7 Å². The molecule has 7 heteroatoms. The van der Waals surface area contributed by atoms with E-state index < -0.39 is 0 Å². The van der Waals surface area contributed by atoms with E-state index in [0.717, 1.165) is 50.4 Å². The van der Waals surface area contributed by atoms with Gasteiger partial charge in [-0.2, -0.15) is 22.9 Å². The topological polar surface area (TPSA) is 48.8 Å². The van der Waals surface area contributed by atoms with Crippen LogP contribution >= 0.6 is 0 Å². The summed E-state index contributed by atoms with van der Waals surface area (Å²) in [5.74, 6) is 2.70. The molecule has 0 amide bonds. The largest absolute Gasteiger partial charge is 0.510 e. The number of para-hydroxylation sites is 1. The molecule has 0 fully saturated rings. The van der Waals surface area contributed by atoms with Crippen LogP contribution in [0.1, 0.15) is 130 Å². The minimum absolute atomic E-state index is 0. The SMILES string of the molecule is CC(C)(C)c1cc(-c2n[n+](-c3cc(C(C)(C)C)cc(C(C)(C)C)c3)[c-]n2-c2[c-]c(Oc3[c-]c4c(cc3)c3ccccc3n4-c3cc(C(C)(C)c4ccccc4)ccn3)ccc2)cc(C(C)(C)C)c1.[Pt]. The van der Waals surface area contributed by atoms with E-state index in [0.29, 0.717) is 11.5 Å². The summed E-state index contributed by atoms with van der Waals surface area (Å²) in [5.41, 5.74) is 11.5. The van der Waals surface area contributed by atoms with Crippen molar-refractivity contribution < 1.29 is 30.5 Å². The maximum absolute atomic E-state index is 6.74. The number of ether oxygens (including phenoxy) is 1. The van der Waals surface area contributed by atoms with E-state index >= 15 is 0 Å². The molecule has 6 nitrogen and oxygen atoms in total. The van der Waals surface area contributed by atoms with Crippen LogP contribution in [0.25, 0.3) is 50.4 Å². The minimum atomic E-state index is -0.238. The van der Waals surface area contributed by atoms with Crippen molar-refractivity contribution in [2.75, 3.05) is 0 Å². The number of aromatic nitrogens is 5. The molecule has 0 N–H and O–H groups in total. The summed E-state index contributed by atoms with van der Waals surface area (Å²) in [6.07, 6.45) is 5.60. The number of hydrogen-bond donors (Lipinski definition) is 0. The van der Waals surface area contributed by atoms with E-state index in [4.69, 9.17) is 14.8 Å². The van der Waals surface area contributed by atoms with Crippen molar-refractivity contribution >= 4 is 21.8 Å². The number of fused-ring (bicyclic) bond motifs is 3. The van der Waals surface area contributed by atoms with Gasteiger partial charge in [0, 0.05) is 55.3 Å². The van der Waals surface area contributed by atoms with Crippen LogP contribution in [-0.2, 0) is 48.1 Å². The fourth-order valence-corrected chi connectivity index (χ4v) is 8.86. The average molecular weight is 1090 g/mol. The third kappa shape index (κ3) is 9.88. The molecule has 0 saturated heterocycles. The first-order valence-electron chi connectivity index (χ1n) is 23.9. The molecule has 0 unspecified atom stereocenters. The monoisotopic (exact) mass is 1090 g/mol. The third-order valence-corrected chi connectivity index (χ3v) is 13.4. The van der Waals surface area contributed by atoms with Crippen LogP contribution in [-0.4, -0.2) is 19.2 Å². The number of benzene rings is 6. The average Bonchev–Trinajstić information content (AvgIpc) is 3.88. The smallest absolute Gasteiger partial charge is 0.272 e. The molecule has 3 heterocycles. The van der Waals surface area contributed by atoms with Crippen molar-refractivity contribution in [3.05, 3.63) is 191 Å². The summed E-state index contributed by atoms with van der Waals surface area (Å²) < 4.78 is 12.9. The Morgan fingerprint density at radius 2 is 1.09 bits per heavy atom. The second-order valence-corrected chi connectivity index (χ2v) is 23.1. The van der Waals surface area contributed by atoms with Crippen LogP contribution in [0.2, 0.25) is 0 Å². The Morgan fingerprint density at radius 3 is 1.71 bits per heavy atom. The zero-order chi connectivity index (χ0) is 48.6. The van der Waals surface area contributed by atoms with Gasteiger partial charge in [0.25, 0.3) is 6.33 Å². The molecule has 0 radical (unpaired) electrons. The Morgan fingerprint density at radius 1 is 0.507 bits per heavy atom. The van der Waals surface area contributed by atoms with Crippen LogP contribution in [0.15, 0.2) is 140 Å². The van der Waals surface area contributed by atoms with Gasteiger partial charge in [0.05, 0.1) is 5.69 Å². The summed E-state index contributed by atoms with van der Waals surface area (Å²) in [4.78, 5) is 4.96. The number of pyridine rings is 1. The molecule has 0 aliphatic rings. The first-order valence-corrected chi connectivity index (χ1v) is 23.9. The molecule has 3 aromatic heterocycles. The maximum Gasteiger partial charge on any atom is 0.272 e. The van der Waals surface area contributed by atoms with E-state index in [2.05, 4.69) is 229 Å². The fraction of sp³-hybridized carbons (Fsp3) is 0.306.